The molecule has 216 valence electrons. The number of rotatable bonds is 9. The van der Waals surface area contributed by atoms with Crippen molar-refractivity contribution >= 4 is 40.5 Å². The lowest BCUT2D eigenvalue weighted by atomic mass is 10.1. The molecule has 3 aromatic rings. The van der Waals surface area contributed by atoms with E-state index in [1.807, 2.05) is 0 Å². The van der Waals surface area contributed by atoms with Crippen molar-refractivity contribution in [2.75, 3.05) is 25.0 Å². The van der Waals surface area contributed by atoms with Crippen molar-refractivity contribution in [3.8, 4) is 5.75 Å². The van der Waals surface area contributed by atoms with Gasteiger partial charge in [-0.1, -0.05) is 16.7 Å². The number of anilines is 1. The zero-order chi connectivity index (χ0) is 29.1. The van der Waals surface area contributed by atoms with Gasteiger partial charge in [0.05, 0.1) is 6.33 Å². The van der Waals surface area contributed by atoms with E-state index in [0.29, 0.717) is 40.8 Å². The summed E-state index contributed by atoms with van der Waals surface area (Å²) in [4.78, 5) is 41.4. The second kappa shape index (κ2) is 12.1. The third-order valence-corrected chi connectivity index (χ3v) is 7.25. The Hall–Kier alpha value is -4.21. The maximum absolute atomic E-state index is 12.6. The molecule has 0 spiro atoms. The van der Waals surface area contributed by atoms with Crippen molar-refractivity contribution in [2.24, 2.45) is 10.8 Å². The fraction of sp³-hybridized carbons (Fsp3) is 0.458. The summed E-state index contributed by atoms with van der Waals surface area (Å²) in [5.41, 5.74) is 15.9. The van der Waals surface area contributed by atoms with E-state index < -0.39 is 30.4 Å². The van der Waals surface area contributed by atoms with Crippen LogP contribution in [0.25, 0.3) is 21.6 Å². The highest BCUT2D eigenvalue weighted by Crippen LogP contribution is 2.34. The standard InChI is InChI=1S/C24H27ClN10O6/c25-13-1-2-15(40-9-16(36)34-5-3-14(26)4-6-34)12(7-13)8-28-21-18-22(30-10-29-21)35(11-31-18)23-19(37)17(32-33-27)20(41-23)24(38)39/h1-2,7,10-11,14,17,19-20,23,37H,3-6,8-9,26H2,(H,38,39)(H,28,29,30). The van der Waals surface area contributed by atoms with E-state index in [1.165, 1.54) is 17.2 Å². The molecule has 2 fully saturated rings. The minimum Gasteiger partial charge on any atom is -0.483 e. The molecule has 0 bridgehead atoms. The Morgan fingerprint density at radius 2 is 2.07 bits per heavy atom. The number of carboxylic acids is 1. The van der Waals surface area contributed by atoms with Gasteiger partial charge in [0, 0.05) is 41.2 Å². The number of imidazole rings is 1. The minimum atomic E-state index is -1.55. The van der Waals surface area contributed by atoms with Crippen LogP contribution < -0.4 is 15.8 Å². The molecule has 1 aromatic carbocycles. The number of nitrogens with zero attached hydrogens (tertiary/aromatic N) is 8. The molecule has 2 saturated heterocycles. The molecule has 2 aliphatic rings. The molecule has 1 amide bonds. The first kappa shape index (κ1) is 28.3. The number of fused-ring (bicyclic) bond motifs is 1. The highest BCUT2D eigenvalue weighted by Gasteiger charge is 2.48. The van der Waals surface area contributed by atoms with E-state index >= 15 is 0 Å². The number of azide groups is 1. The quantitative estimate of drug-likeness (QED) is 0.159. The number of hydrogen-bond donors (Lipinski definition) is 4. The molecular formula is C24H27ClN10O6. The number of aromatic nitrogens is 4. The van der Waals surface area contributed by atoms with Crippen LogP contribution in [0.5, 0.6) is 5.75 Å². The van der Waals surface area contributed by atoms with Crippen LogP contribution in [0, 0.1) is 0 Å². The van der Waals surface area contributed by atoms with E-state index in [0.717, 1.165) is 12.8 Å². The van der Waals surface area contributed by atoms with Gasteiger partial charge in [-0.05, 0) is 36.6 Å². The Morgan fingerprint density at radius 1 is 1.29 bits per heavy atom. The maximum atomic E-state index is 12.6. The number of aliphatic hydroxyl groups is 1. The Balaban J connectivity index is 1.31. The number of aliphatic hydroxyl groups excluding tert-OH is 1. The molecule has 41 heavy (non-hydrogen) atoms. The number of hydrogen-bond acceptors (Lipinski definition) is 11. The second-order valence-electron chi connectivity index (χ2n) is 9.63. The third kappa shape index (κ3) is 5.96. The molecule has 0 radical (unpaired) electrons. The molecule has 2 aromatic heterocycles. The molecule has 4 unspecified atom stereocenters. The fourth-order valence-corrected chi connectivity index (χ4v) is 5.03. The normalized spacial score (nSPS) is 22.9. The number of carboxylic acid groups (broad SMARTS) is 1. The number of ether oxygens (including phenoxy) is 2. The van der Waals surface area contributed by atoms with E-state index in [9.17, 15) is 19.8 Å². The summed E-state index contributed by atoms with van der Waals surface area (Å²) < 4.78 is 12.7. The summed E-state index contributed by atoms with van der Waals surface area (Å²) in [6, 6.07) is 3.81. The van der Waals surface area contributed by atoms with E-state index in [4.69, 9.17) is 32.3 Å². The number of nitrogens with two attached hydrogens (primary N) is 1. The van der Waals surface area contributed by atoms with E-state index in [2.05, 4.69) is 30.3 Å². The first-order valence-corrected chi connectivity index (χ1v) is 13.1. The number of amides is 1. The Bertz CT molecular complexity index is 1490. The number of carbonyl (C=O) groups excluding carboxylic acids is 1. The zero-order valence-electron chi connectivity index (χ0n) is 21.6. The van der Waals surface area contributed by atoms with Gasteiger partial charge in [-0.25, -0.2) is 19.7 Å². The minimum absolute atomic E-state index is 0.112. The topological polar surface area (TPSA) is 227 Å². The largest absolute Gasteiger partial charge is 0.483 e. The van der Waals surface area contributed by atoms with Crippen molar-refractivity contribution in [1.82, 2.24) is 24.4 Å². The summed E-state index contributed by atoms with van der Waals surface area (Å²) in [6.07, 6.45) is -0.141. The average Bonchev–Trinajstić information content (AvgIpc) is 3.53. The number of aliphatic carboxylic acids is 1. The molecule has 4 heterocycles. The van der Waals surface area contributed by atoms with Gasteiger partial charge < -0.3 is 35.6 Å². The summed E-state index contributed by atoms with van der Waals surface area (Å²) >= 11 is 6.23. The third-order valence-electron chi connectivity index (χ3n) is 7.01. The summed E-state index contributed by atoms with van der Waals surface area (Å²) in [5, 5.41) is 27.1. The van der Waals surface area contributed by atoms with Gasteiger partial charge in [0.25, 0.3) is 5.91 Å². The number of likely N-dealkylation sites (tertiary alicyclic amines) is 1. The van der Waals surface area contributed by atoms with Gasteiger partial charge in [-0.15, -0.1) is 0 Å². The van der Waals surface area contributed by atoms with Crippen LogP contribution >= 0.6 is 11.6 Å². The molecule has 4 atom stereocenters. The average molecular weight is 587 g/mol. The van der Waals surface area contributed by atoms with Crippen molar-refractivity contribution in [1.29, 1.82) is 0 Å². The van der Waals surface area contributed by atoms with Gasteiger partial charge in [-0.2, -0.15) is 0 Å². The summed E-state index contributed by atoms with van der Waals surface area (Å²) in [6.45, 7) is 1.26. The number of carbonyl (C=O) groups is 2. The smallest absolute Gasteiger partial charge is 0.333 e. The van der Waals surface area contributed by atoms with Crippen LogP contribution in [-0.4, -0.2) is 90.5 Å². The summed E-state index contributed by atoms with van der Waals surface area (Å²) in [7, 11) is 0. The van der Waals surface area contributed by atoms with Crippen LogP contribution in [0.4, 0.5) is 5.82 Å². The molecule has 0 aliphatic carbocycles. The Kier molecular flexibility index (Phi) is 8.37. The monoisotopic (exact) mass is 586 g/mol. The van der Waals surface area contributed by atoms with Crippen molar-refractivity contribution in [3.05, 3.63) is 51.9 Å². The van der Waals surface area contributed by atoms with Crippen molar-refractivity contribution in [2.45, 2.75) is 49.9 Å². The predicted octanol–water partition coefficient (Wildman–Crippen LogP) is 1.44. The first-order valence-electron chi connectivity index (χ1n) is 12.7. The van der Waals surface area contributed by atoms with E-state index in [-0.39, 0.29) is 30.7 Å². The van der Waals surface area contributed by atoms with Crippen LogP contribution in [0.1, 0.15) is 24.6 Å². The van der Waals surface area contributed by atoms with Crippen molar-refractivity contribution in [3.63, 3.8) is 0 Å². The molecule has 17 heteroatoms. The maximum Gasteiger partial charge on any atom is 0.333 e. The first-order chi connectivity index (χ1) is 19.8. The lowest BCUT2D eigenvalue weighted by Crippen LogP contribution is -2.44. The number of halogens is 1. The van der Waals surface area contributed by atoms with Crippen molar-refractivity contribution < 1.29 is 29.3 Å². The highest BCUT2D eigenvalue weighted by molar-refractivity contribution is 6.30. The van der Waals surface area contributed by atoms with Gasteiger partial charge >= 0.3 is 5.97 Å². The fourth-order valence-electron chi connectivity index (χ4n) is 4.83. The van der Waals surface area contributed by atoms with Gasteiger partial charge in [0.1, 0.15) is 24.2 Å². The van der Waals surface area contributed by atoms with Crippen LogP contribution in [0.15, 0.2) is 36.0 Å². The van der Waals surface area contributed by atoms with Crippen LogP contribution in [-0.2, 0) is 20.9 Å². The predicted molar refractivity (Wildman–Crippen MR) is 144 cm³/mol. The van der Waals surface area contributed by atoms with Crippen LogP contribution in [0.3, 0.4) is 0 Å². The lowest BCUT2D eigenvalue weighted by molar-refractivity contribution is -0.152. The number of nitrogens with one attached hydrogen (secondary N) is 1. The van der Waals surface area contributed by atoms with Gasteiger partial charge in [0.15, 0.2) is 35.9 Å². The zero-order valence-corrected chi connectivity index (χ0v) is 22.3. The number of benzene rings is 1. The second-order valence-corrected chi connectivity index (χ2v) is 10.1. The molecule has 5 N–H and O–H groups in total. The van der Waals surface area contributed by atoms with Gasteiger partial charge in [-0.3, -0.25) is 9.36 Å². The SMILES string of the molecule is [N-]=[N+]=NC1C(C(=O)O)OC(n2cnc3c(NCc4cc(Cl)ccc4OCC(=O)N4CCC(N)CC4)ncnc32)C1O. The molecule has 16 nitrogen and oxygen atoms in total. The van der Waals surface area contributed by atoms with Gasteiger partial charge in [0.2, 0.25) is 0 Å². The Labute approximate surface area is 237 Å². The molecule has 2 aliphatic heterocycles. The highest BCUT2D eigenvalue weighted by atomic mass is 35.5. The molecular weight excluding hydrogens is 560 g/mol. The van der Waals surface area contributed by atoms with E-state index in [1.54, 1.807) is 23.1 Å². The molecule has 5 rings (SSSR count). The number of piperidine rings is 1. The lowest BCUT2D eigenvalue weighted by Gasteiger charge is -2.30. The Morgan fingerprint density at radius 3 is 2.80 bits per heavy atom. The molecule has 0 saturated carbocycles. The summed E-state index contributed by atoms with van der Waals surface area (Å²) in [5.74, 6) is -0.718. The van der Waals surface area contributed by atoms with Crippen LogP contribution in [0.2, 0.25) is 5.02 Å².